The Labute approximate surface area is 76.6 Å². The molecule has 0 aromatic rings. The Kier molecular flexibility index (Phi) is 2.54. The summed E-state index contributed by atoms with van der Waals surface area (Å²) >= 11 is 0. The second-order valence-corrected chi connectivity index (χ2v) is 6.05. The van der Waals surface area contributed by atoms with E-state index in [1.165, 1.54) is 24.3 Å². The lowest BCUT2D eigenvalue weighted by Crippen LogP contribution is -2.24. The molecule has 2 aliphatic rings. The van der Waals surface area contributed by atoms with E-state index in [1.807, 2.05) is 0 Å². The molecule has 0 amide bonds. The van der Waals surface area contributed by atoms with Crippen LogP contribution >= 0.6 is 0 Å². The molecule has 66 valence electrons. The van der Waals surface area contributed by atoms with Crippen molar-refractivity contribution in [1.29, 1.82) is 0 Å². The van der Waals surface area contributed by atoms with Gasteiger partial charge in [-0.15, -0.1) is 0 Å². The number of hydrogen-bond acceptors (Lipinski definition) is 1. The molecule has 1 unspecified atom stereocenters. The van der Waals surface area contributed by atoms with Crippen LogP contribution in [-0.4, -0.2) is 22.5 Å². The van der Waals surface area contributed by atoms with Crippen LogP contribution in [0.15, 0.2) is 12.2 Å². The standard InChI is InChI=1S/C10H15OS/c11-9-3-5-10(6-4-9)12-7-1-2-8-12/h3,5,10H,1-2,4,6-8H2/q+1. The summed E-state index contributed by atoms with van der Waals surface area (Å²) in [5, 5.41) is 0.755. The molecule has 1 saturated heterocycles. The first-order valence-electron chi connectivity index (χ1n) is 4.73. The monoisotopic (exact) mass is 183 g/mol. The topological polar surface area (TPSA) is 17.1 Å². The van der Waals surface area contributed by atoms with Gasteiger partial charge in [0.2, 0.25) is 0 Å². The van der Waals surface area contributed by atoms with Crippen LogP contribution in [0.4, 0.5) is 0 Å². The molecular weight excluding hydrogens is 168 g/mol. The number of carbonyl (C=O) groups excluding carboxylic acids is 1. The van der Waals surface area contributed by atoms with E-state index in [0.29, 0.717) is 16.7 Å². The molecule has 0 N–H and O–H groups in total. The molecule has 0 radical (unpaired) electrons. The van der Waals surface area contributed by atoms with Crippen molar-refractivity contribution in [2.24, 2.45) is 0 Å². The summed E-state index contributed by atoms with van der Waals surface area (Å²) in [5.41, 5.74) is 0. The highest BCUT2D eigenvalue weighted by molar-refractivity contribution is 7.97. The first kappa shape index (κ1) is 8.36. The molecule has 1 atom stereocenters. The molecule has 12 heavy (non-hydrogen) atoms. The predicted octanol–water partition coefficient (Wildman–Crippen LogP) is 1.69. The van der Waals surface area contributed by atoms with E-state index >= 15 is 0 Å². The lowest BCUT2D eigenvalue weighted by molar-refractivity contribution is -0.114. The summed E-state index contributed by atoms with van der Waals surface area (Å²) in [5.74, 6) is 3.17. The largest absolute Gasteiger partial charge is 0.295 e. The van der Waals surface area contributed by atoms with E-state index in [4.69, 9.17) is 0 Å². The lowest BCUT2D eigenvalue weighted by Gasteiger charge is -2.14. The molecule has 0 spiro atoms. The minimum absolute atomic E-state index is 0.328. The Hall–Kier alpha value is -0.240. The van der Waals surface area contributed by atoms with Crippen molar-refractivity contribution < 1.29 is 4.79 Å². The molecule has 1 aliphatic carbocycles. The smallest absolute Gasteiger partial charge is 0.155 e. The molecule has 2 heteroatoms. The van der Waals surface area contributed by atoms with Crippen molar-refractivity contribution >= 4 is 16.7 Å². The van der Waals surface area contributed by atoms with Gasteiger partial charge in [-0.05, 0) is 35.9 Å². The molecule has 0 aromatic heterocycles. The zero-order valence-electron chi connectivity index (χ0n) is 7.29. The Morgan fingerprint density at radius 2 is 2.08 bits per heavy atom. The summed E-state index contributed by atoms with van der Waals surface area (Å²) in [6, 6.07) is 0. The van der Waals surface area contributed by atoms with E-state index in [0.717, 1.165) is 18.1 Å². The van der Waals surface area contributed by atoms with Crippen LogP contribution in [0, 0.1) is 0 Å². The highest BCUT2D eigenvalue weighted by Gasteiger charge is 2.33. The number of hydrogen-bond donors (Lipinski definition) is 0. The minimum Gasteiger partial charge on any atom is -0.295 e. The molecule has 1 nitrogen and oxygen atoms in total. The fourth-order valence-electron chi connectivity index (χ4n) is 1.94. The molecule has 1 fully saturated rings. The van der Waals surface area contributed by atoms with Gasteiger partial charge in [-0.1, -0.05) is 0 Å². The van der Waals surface area contributed by atoms with E-state index in [2.05, 4.69) is 6.08 Å². The molecule has 1 heterocycles. The van der Waals surface area contributed by atoms with Crippen LogP contribution in [0.1, 0.15) is 25.7 Å². The van der Waals surface area contributed by atoms with Crippen LogP contribution < -0.4 is 0 Å². The van der Waals surface area contributed by atoms with Gasteiger partial charge < -0.3 is 0 Å². The van der Waals surface area contributed by atoms with Gasteiger partial charge in [-0.25, -0.2) is 0 Å². The maximum atomic E-state index is 10.9. The van der Waals surface area contributed by atoms with Crippen LogP contribution in [0.2, 0.25) is 0 Å². The summed E-state index contributed by atoms with van der Waals surface area (Å²) in [6.07, 6.45) is 8.73. The average Bonchev–Trinajstić information content (AvgIpc) is 2.58. The van der Waals surface area contributed by atoms with Crippen molar-refractivity contribution in [3.05, 3.63) is 12.2 Å². The second-order valence-electron chi connectivity index (χ2n) is 3.56. The van der Waals surface area contributed by atoms with Gasteiger partial charge in [0.05, 0.1) is 0 Å². The van der Waals surface area contributed by atoms with Gasteiger partial charge in [-0.3, -0.25) is 4.79 Å². The molecule has 0 aromatic carbocycles. The van der Waals surface area contributed by atoms with E-state index in [1.54, 1.807) is 6.08 Å². The van der Waals surface area contributed by atoms with Crippen molar-refractivity contribution in [3.8, 4) is 0 Å². The van der Waals surface area contributed by atoms with Gasteiger partial charge in [0.15, 0.2) is 5.78 Å². The molecule has 1 aliphatic heterocycles. The van der Waals surface area contributed by atoms with Gasteiger partial charge in [0, 0.05) is 12.8 Å². The first-order valence-corrected chi connectivity index (χ1v) is 6.36. The van der Waals surface area contributed by atoms with Gasteiger partial charge in [-0.2, -0.15) is 0 Å². The van der Waals surface area contributed by atoms with Crippen LogP contribution in [0.3, 0.4) is 0 Å². The quantitative estimate of drug-likeness (QED) is 0.565. The summed E-state index contributed by atoms with van der Waals surface area (Å²) in [4.78, 5) is 10.9. The highest BCUT2D eigenvalue weighted by Crippen LogP contribution is 2.24. The predicted molar refractivity (Wildman–Crippen MR) is 53.5 cm³/mol. The number of rotatable bonds is 1. The number of carbonyl (C=O) groups is 1. The minimum atomic E-state index is 0.328. The maximum absolute atomic E-state index is 10.9. The zero-order valence-corrected chi connectivity index (χ0v) is 8.11. The third-order valence-electron chi connectivity index (χ3n) is 2.66. The van der Waals surface area contributed by atoms with Crippen LogP contribution in [0.5, 0.6) is 0 Å². The molecular formula is C10H15OS+. The Balaban J connectivity index is 1.96. The Morgan fingerprint density at radius 3 is 2.67 bits per heavy atom. The van der Waals surface area contributed by atoms with E-state index in [-0.39, 0.29) is 0 Å². The maximum Gasteiger partial charge on any atom is 0.155 e. The normalized spacial score (nSPS) is 31.3. The number of allylic oxidation sites excluding steroid dienone is 1. The fourth-order valence-corrected chi connectivity index (χ4v) is 4.65. The van der Waals surface area contributed by atoms with Gasteiger partial charge >= 0.3 is 0 Å². The Morgan fingerprint density at radius 1 is 1.33 bits per heavy atom. The molecule has 0 saturated carbocycles. The van der Waals surface area contributed by atoms with E-state index < -0.39 is 0 Å². The highest BCUT2D eigenvalue weighted by atomic mass is 32.2. The zero-order chi connectivity index (χ0) is 8.39. The second kappa shape index (κ2) is 3.65. The van der Waals surface area contributed by atoms with Crippen LogP contribution in [0.25, 0.3) is 0 Å². The van der Waals surface area contributed by atoms with Crippen molar-refractivity contribution in [3.63, 3.8) is 0 Å². The summed E-state index contributed by atoms with van der Waals surface area (Å²) in [7, 11) is 0.632. The first-order chi connectivity index (χ1) is 5.86. The van der Waals surface area contributed by atoms with Gasteiger partial charge in [0.25, 0.3) is 0 Å². The third kappa shape index (κ3) is 1.74. The number of ketones is 1. The van der Waals surface area contributed by atoms with Crippen LogP contribution in [-0.2, 0) is 15.7 Å². The fraction of sp³-hybridized carbons (Fsp3) is 0.700. The molecule has 0 bridgehead atoms. The summed E-state index contributed by atoms with van der Waals surface area (Å²) < 4.78 is 0. The SMILES string of the molecule is O=C1C=CC([S+]2CCCC2)CC1. The third-order valence-corrected chi connectivity index (χ3v) is 5.54. The van der Waals surface area contributed by atoms with Crippen molar-refractivity contribution in [2.75, 3.05) is 11.5 Å². The van der Waals surface area contributed by atoms with E-state index in [9.17, 15) is 4.79 Å². The lowest BCUT2D eigenvalue weighted by atomic mass is 10.1. The Bertz CT molecular complexity index is 204. The van der Waals surface area contributed by atoms with Gasteiger partial charge in [0.1, 0.15) is 16.8 Å². The molecule has 2 rings (SSSR count). The summed E-state index contributed by atoms with van der Waals surface area (Å²) in [6.45, 7) is 0. The average molecular weight is 183 g/mol. The van der Waals surface area contributed by atoms with Crippen molar-refractivity contribution in [1.82, 2.24) is 0 Å². The van der Waals surface area contributed by atoms with Crippen molar-refractivity contribution in [2.45, 2.75) is 30.9 Å².